The molecule has 0 atom stereocenters. The van der Waals surface area contributed by atoms with Crippen molar-refractivity contribution < 1.29 is 10.0 Å². The molecular formula is C14H11BN2O2. The van der Waals surface area contributed by atoms with Crippen LogP contribution in [0.5, 0.6) is 0 Å². The van der Waals surface area contributed by atoms with Crippen molar-refractivity contribution in [3.8, 4) is 11.3 Å². The lowest BCUT2D eigenvalue weighted by atomic mass is 9.80. The highest BCUT2D eigenvalue weighted by Crippen LogP contribution is 2.18. The first kappa shape index (κ1) is 11.8. The summed E-state index contributed by atoms with van der Waals surface area (Å²) in [7, 11) is -1.49. The molecule has 2 N–H and O–H groups in total. The van der Waals surface area contributed by atoms with Crippen LogP contribution in [0, 0.1) is 0 Å². The van der Waals surface area contributed by atoms with Gasteiger partial charge in [-0.25, -0.2) is 4.98 Å². The smallest absolute Gasteiger partial charge is 0.423 e. The molecule has 0 fully saturated rings. The molecule has 1 heterocycles. The first-order valence-electron chi connectivity index (χ1n) is 5.92. The molecule has 0 aliphatic carbocycles. The third-order valence-corrected chi connectivity index (χ3v) is 2.93. The van der Waals surface area contributed by atoms with Gasteiger partial charge in [-0.1, -0.05) is 36.4 Å². The lowest BCUT2D eigenvalue weighted by Crippen LogP contribution is -2.29. The summed E-state index contributed by atoms with van der Waals surface area (Å²) in [5, 5.41) is 18.4. The highest BCUT2D eigenvalue weighted by Gasteiger charge is 2.12. The highest BCUT2D eigenvalue weighted by molar-refractivity contribution is 6.58. The van der Waals surface area contributed by atoms with Crippen molar-refractivity contribution in [2.45, 2.75) is 0 Å². The van der Waals surface area contributed by atoms with Crippen molar-refractivity contribution in [2.24, 2.45) is 0 Å². The van der Waals surface area contributed by atoms with E-state index in [1.807, 2.05) is 30.3 Å². The molecule has 0 saturated carbocycles. The molecule has 0 aliphatic rings. The monoisotopic (exact) mass is 250 g/mol. The van der Waals surface area contributed by atoms with Gasteiger partial charge in [0.15, 0.2) is 0 Å². The Morgan fingerprint density at radius 1 is 0.895 bits per heavy atom. The van der Waals surface area contributed by atoms with E-state index >= 15 is 0 Å². The maximum absolute atomic E-state index is 9.18. The third-order valence-electron chi connectivity index (χ3n) is 2.93. The van der Waals surface area contributed by atoms with Crippen LogP contribution in [0.15, 0.2) is 54.7 Å². The zero-order valence-electron chi connectivity index (χ0n) is 10.1. The maximum atomic E-state index is 9.18. The standard InChI is InChI=1S/C14H11BN2O2/c18-15(19)11-6-7-12-13(8-11)17-14(9-16-12)10-4-2-1-3-5-10/h1-9,18-19H. The summed E-state index contributed by atoms with van der Waals surface area (Å²) in [6.07, 6.45) is 1.71. The van der Waals surface area contributed by atoms with Crippen LogP contribution in [0.25, 0.3) is 22.3 Å². The second-order valence-corrected chi connectivity index (χ2v) is 4.24. The van der Waals surface area contributed by atoms with Gasteiger partial charge < -0.3 is 10.0 Å². The molecule has 92 valence electrons. The average Bonchev–Trinajstić information content (AvgIpc) is 2.47. The Morgan fingerprint density at radius 3 is 2.42 bits per heavy atom. The lowest BCUT2D eigenvalue weighted by molar-refractivity contribution is 0.426. The summed E-state index contributed by atoms with van der Waals surface area (Å²) < 4.78 is 0. The van der Waals surface area contributed by atoms with E-state index in [1.165, 1.54) is 0 Å². The van der Waals surface area contributed by atoms with Crippen LogP contribution < -0.4 is 5.46 Å². The molecule has 19 heavy (non-hydrogen) atoms. The van der Waals surface area contributed by atoms with Gasteiger partial charge in [0, 0.05) is 5.56 Å². The van der Waals surface area contributed by atoms with Crippen LogP contribution in [-0.4, -0.2) is 27.1 Å². The van der Waals surface area contributed by atoms with Gasteiger partial charge in [-0.2, -0.15) is 0 Å². The molecule has 0 unspecified atom stereocenters. The van der Waals surface area contributed by atoms with Gasteiger partial charge in [0.25, 0.3) is 0 Å². The Morgan fingerprint density at radius 2 is 1.68 bits per heavy atom. The van der Waals surface area contributed by atoms with Crippen molar-refractivity contribution in [2.75, 3.05) is 0 Å². The van der Waals surface area contributed by atoms with Crippen LogP contribution in [0.2, 0.25) is 0 Å². The number of rotatable bonds is 2. The molecule has 5 heteroatoms. The fraction of sp³-hybridized carbons (Fsp3) is 0. The van der Waals surface area contributed by atoms with E-state index in [0.29, 0.717) is 11.0 Å². The third kappa shape index (κ3) is 2.34. The minimum Gasteiger partial charge on any atom is -0.423 e. The second kappa shape index (κ2) is 4.80. The van der Waals surface area contributed by atoms with Gasteiger partial charge in [0.2, 0.25) is 0 Å². The Labute approximate surface area is 110 Å². The summed E-state index contributed by atoms with van der Waals surface area (Å²) >= 11 is 0. The van der Waals surface area contributed by atoms with Crippen molar-refractivity contribution in [3.05, 3.63) is 54.7 Å². The van der Waals surface area contributed by atoms with Gasteiger partial charge in [-0.15, -0.1) is 0 Å². The average molecular weight is 250 g/mol. The van der Waals surface area contributed by atoms with E-state index in [-0.39, 0.29) is 0 Å². The molecule has 0 saturated heterocycles. The Kier molecular flexibility index (Phi) is 2.99. The number of hydrogen-bond acceptors (Lipinski definition) is 4. The van der Waals surface area contributed by atoms with E-state index < -0.39 is 7.12 Å². The predicted octanol–water partition coefficient (Wildman–Crippen LogP) is 0.977. The van der Waals surface area contributed by atoms with Gasteiger partial charge in [-0.05, 0) is 17.6 Å². The largest absolute Gasteiger partial charge is 0.488 e. The number of fused-ring (bicyclic) bond motifs is 1. The van der Waals surface area contributed by atoms with Crippen LogP contribution in [0.1, 0.15) is 0 Å². The molecule has 1 aromatic heterocycles. The van der Waals surface area contributed by atoms with Crippen molar-refractivity contribution in [3.63, 3.8) is 0 Å². The molecule has 0 bridgehead atoms. The van der Waals surface area contributed by atoms with Gasteiger partial charge >= 0.3 is 7.12 Å². The molecular weight excluding hydrogens is 239 g/mol. The van der Waals surface area contributed by atoms with Crippen LogP contribution in [0.4, 0.5) is 0 Å². The molecule has 0 amide bonds. The minimum absolute atomic E-state index is 0.409. The maximum Gasteiger partial charge on any atom is 0.488 e. The first-order valence-corrected chi connectivity index (χ1v) is 5.92. The molecule has 3 aromatic rings. The van der Waals surface area contributed by atoms with Gasteiger partial charge in [0.05, 0.1) is 22.9 Å². The van der Waals surface area contributed by atoms with Gasteiger partial charge in [-0.3, -0.25) is 4.98 Å². The Bertz CT molecular complexity index is 717. The van der Waals surface area contributed by atoms with Crippen LogP contribution in [-0.2, 0) is 0 Å². The van der Waals surface area contributed by atoms with Crippen molar-refractivity contribution >= 4 is 23.6 Å². The van der Waals surface area contributed by atoms with E-state index in [9.17, 15) is 10.0 Å². The minimum atomic E-state index is -1.49. The van der Waals surface area contributed by atoms with Crippen molar-refractivity contribution in [1.82, 2.24) is 9.97 Å². The second-order valence-electron chi connectivity index (χ2n) is 4.24. The van der Waals surface area contributed by atoms with Crippen LogP contribution in [0.3, 0.4) is 0 Å². The van der Waals surface area contributed by atoms with Crippen molar-refractivity contribution in [1.29, 1.82) is 0 Å². The quantitative estimate of drug-likeness (QED) is 0.665. The van der Waals surface area contributed by atoms with E-state index in [2.05, 4.69) is 9.97 Å². The topological polar surface area (TPSA) is 66.2 Å². The molecule has 2 aromatic carbocycles. The zero-order valence-corrected chi connectivity index (χ0v) is 10.1. The zero-order chi connectivity index (χ0) is 13.2. The summed E-state index contributed by atoms with van der Waals surface area (Å²) in [5.74, 6) is 0. The predicted molar refractivity (Wildman–Crippen MR) is 74.8 cm³/mol. The summed E-state index contributed by atoms with van der Waals surface area (Å²) in [6, 6.07) is 14.7. The molecule has 3 rings (SSSR count). The van der Waals surface area contributed by atoms with Gasteiger partial charge in [0.1, 0.15) is 0 Å². The molecule has 0 spiro atoms. The Balaban J connectivity index is 2.14. The number of aromatic nitrogens is 2. The van der Waals surface area contributed by atoms with Crippen LogP contribution >= 0.6 is 0 Å². The SMILES string of the molecule is OB(O)c1ccc2ncc(-c3ccccc3)nc2c1. The fourth-order valence-electron chi connectivity index (χ4n) is 1.94. The molecule has 4 nitrogen and oxygen atoms in total. The number of benzene rings is 2. The molecule has 0 aliphatic heterocycles. The van der Waals surface area contributed by atoms with E-state index in [4.69, 9.17) is 0 Å². The first-order chi connectivity index (χ1) is 9.24. The lowest BCUT2D eigenvalue weighted by Gasteiger charge is -2.04. The Hall–Kier alpha value is -2.24. The summed E-state index contributed by atoms with van der Waals surface area (Å²) in [5.41, 5.74) is 3.52. The van der Waals surface area contributed by atoms with E-state index in [1.54, 1.807) is 24.4 Å². The summed E-state index contributed by atoms with van der Waals surface area (Å²) in [4.78, 5) is 8.84. The fourth-order valence-corrected chi connectivity index (χ4v) is 1.94. The highest BCUT2D eigenvalue weighted by atomic mass is 16.4. The number of hydrogen-bond donors (Lipinski definition) is 2. The van der Waals surface area contributed by atoms with E-state index in [0.717, 1.165) is 16.8 Å². The molecule has 0 radical (unpaired) electrons. The number of nitrogens with zero attached hydrogens (tertiary/aromatic N) is 2. The normalized spacial score (nSPS) is 10.6. The summed E-state index contributed by atoms with van der Waals surface area (Å²) in [6.45, 7) is 0.